The van der Waals surface area contributed by atoms with Crippen LogP contribution in [-0.2, 0) is 4.79 Å². The largest absolute Gasteiger partial charge is 0.342 e. The molecule has 1 saturated heterocycles. The molecule has 1 aliphatic carbocycles. The van der Waals surface area contributed by atoms with Crippen molar-refractivity contribution in [3.05, 3.63) is 0 Å². The Bertz CT molecular complexity index is 226. The molecule has 2 N–H and O–H groups in total. The average Bonchev–Trinajstić information content (AvgIpc) is 2.59. The molecule has 0 radical (unpaired) electrons. The summed E-state index contributed by atoms with van der Waals surface area (Å²) < 4.78 is 0. The summed E-state index contributed by atoms with van der Waals surface area (Å²) in [6, 6.07) is 0.000119. The Morgan fingerprint density at radius 1 is 1.33 bits per heavy atom. The van der Waals surface area contributed by atoms with Gasteiger partial charge in [-0.3, -0.25) is 4.79 Å². The maximum atomic E-state index is 11.8. The molecule has 0 aromatic heterocycles. The van der Waals surface area contributed by atoms with Crippen LogP contribution in [0.25, 0.3) is 0 Å². The summed E-state index contributed by atoms with van der Waals surface area (Å²) in [4.78, 5) is 13.9. The van der Waals surface area contributed by atoms with Crippen molar-refractivity contribution in [3.63, 3.8) is 0 Å². The van der Waals surface area contributed by atoms with Crippen LogP contribution in [0, 0.1) is 11.8 Å². The summed E-state index contributed by atoms with van der Waals surface area (Å²) in [6.45, 7) is 3.90. The number of amides is 1. The number of fused-ring (bicyclic) bond motifs is 1. The van der Waals surface area contributed by atoms with Gasteiger partial charge in [-0.05, 0) is 31.6 Å². The minimum atomic E-state index is 0.000119. The van der Waals surface area contributed by atoms with Gasteiger partial charge in [-0.15, -0.1) is 0 Å². The smallest absolute Gasteiger partial charge is 0.224 e. The lowest BCUT2D eigenvalue weighted by molar-refractivity contribution is -0.130. The number of nitrogens with zero attached hydrogens (tertiary/aromatic N) is 1. The zero-order chi connectivity index (χ0) is 10.8. The average molecular weight is 210 g/mol. The minimum Gasteiger partial charge on any atom is -0.342 e. The Morgan fingerprint density at radius 2 is 1.87 bits per heavy atom. The van der Waals surface area contributed by atoms with Crippen LogP contribution in [0.2, 0.25) is 0 Å². The highest BCUT2D eigenvalue weighted by Gasteiger charge is 2.36. The predicted molar refractivity (Wildman–Crippen MR) is 60.3 cm³/mol. The van der Waals surface area contributed by atoms with E-state index in [1.165, 1.54) is 25.7 Å². The van der Waals surface area contributed by atoms with Gasteiger partial charge in [0.25, 0.3) is 0 Å². The summed E-state index contributed by atoms with van der Waals surface area (Å²) in [7, 11) is 0. The summed E-state index contributed by atoms with van der Waals surface area (Å²) in [5, 5.41) is 0. The van der Waals surface area contributed by atoms with E-state index in [4.69, 9.17) is 5.73 Å². The zero-order valence-electron chi connectivity index (χ0n) is 9.61. The standard InChI is InChI=1S/C12H22N2O/c1-9(13)6-12(15)14-7-10-4-2-3-5-11(10)8-14/h9-11H,2-8,13H2,1H3. The van der Waals surface area contributed by atoms with Gasteiger partial charge in [0, 0.05) is 25.6 Å². The fourth-order valence-corrected chi connectivity index (χ4v) is 3.01. The Hall–Kier alpha value is -0.570. The minimum absolute atomic E-state index is 0.000119. The van der Waals surface area contributed by atoms with Crippen LogP contribution < -0.4 is 5.73 Å². The van der Waals surface area contributed by atoms with Gasteiger partial charge in [0.15, 0.2) is 0 Å². The molecule has 0 aromatic carbocycles. The molecule has 15 heavy (non-hydrogen) atoms. The molecule has 0 aromatic rings. The fraction of sp³-hybridized carbons (Fsp3) is 0.917. The van der Waals surface area contributed by atoms with E-state index in [1.807, 2.05) is 11.8 Å². The number of likely N-dealkylation sites (tertiary alicyclic amines) is 1. The van der Waals surface area contributed by atoms with Gasteiger partial charge in [0.1, 0.15) is 0 Å². The third kappa shape index (κ3) is 2.51. The molecule has 2 aliphatic rings. The van der Waals surface area contributed by atoms with E-state index in [9.17, 15) is 4.79 Å². The maximum absolute atomic E-state index is 11.8. The molecule has 3 atom stereocenters. The van der Waals surface area contributed by atoms with E-state index in [-0.39, 0.29) is 11.9 Å². The van der Waals surface area contributed by atoms with E-state index in [0.717, 1.165) is 24.9 Å². The first-order valence-electron chi connectivity index (χ1n) is 6.20. The first-order valence-corrected chi connectivity index (χ1v) is 6.20. The first-order chi connectivity index (χ1) is 7.16. The molecule has 2 fully saturated rings. The van der Waals surface area contributed by atoms with Crippen molar-refractivity contribution in [2.45, 2.75) is 45.1 Å². The molecule has 0 bridgehead atoms. The second-order valence-corrected chi connectivity index (χ2v) is 5.28. The van der Waals surface area contributed by atoms with Crippen molar-refractivity contribution < 1.29 is 4.79 Å². The number of nitrogens with two attached hydrogens (primary N) is 1. The molecular weight excluding hydrogens is 188 g/mol. The third-order valence-electron chi connectivity index (χ3n) is 3.83. The van der Waals surface area contributed by atoms with Crippen LogP contribution in [-0.4, -0.2) is 29.9 Å². The molecular formula is C12H22N2O. The van der Waals surface area contributed by atoms with Crippen molar-refractivity contribution >= 4 is 5.91 Å². The van der Waals surface area contributed by atoms with Gasteiger partial charge in [-0.25, -0.2) is 0 Å². The summed E-state index contributed by atoms with van der Waals surface area (Å²) >= 11 is 0. The van der Waals surface area contributed by atoms with Gasteiger partial charge < -0.3 is 10.6 Å². The number of hydrogen-bond acceptors (Lipinski definition) is 2. The van der Waals surface area contributed by atoms with Crippen molar-refractivity contribution in [2.24, 2.45) is 17.6 Å². The van der Waals surface area contributed by atoms with E-state index in [1.54, 1.807) is 0 Å². The second-order valence-electron chi connectivity index (χ2n) is 5.28. The van der Waals surface area contributed by atoms with Crippen LogP contribution in [0.5, 0.6) is 0 Å². The first kappa shape index (κ1) is 10.9. The third-order valence-corrected chi connectivity index (χ3v) is 3.83. The lowest BCUT2D eigenvalue weighted by Gasteiger charge is -2.22. The van der Waals surface area contributed by atoms with E-state index in [0.29, 0.717) is 6.42 Å². The molecule has 3 heteroatoms. The van der Waals surface area contributed by atoms with Crippen molar-refractivity contribution in [1.29, 1.82) is 0 Å². The molecule has 1 saturated carbocycles. The Labute approximate surface area is 92.0 Å². The molecule has 1 amide bonds. The molecule has 86 valence electrons. The number of hydrogen-bond donors (Lipinski definition) is 1. The van der Waals surface area contributed by atoms with Crippen molar-refractivity contribution in [2.75, 3.05) is 13.1 Å². The SMILES string of the molecule is CC(N)CC(=O)N1CC2CCCCC2C1. The molecule has 3 unspecified atom stereocenters. The highest BCUT2D eigenvalue weighted by atomic mass is 16.2. The Morgan fingerprint density at radius 3 is 2.33 bits per heavy atom. The zero-order valence-corrected chi connectivity index (χ0v) is 9.61. The van der Waals surface area contributed by atoms with E-state index in [2.05, 4.69) is 0 Å². The number of carbonyl (C=O) groups excluding carboxylic acids is 1. The highest BCUT2D eigenvalue weighted by molar-refractivity contribution is 5.77. The normalized spacial score (nSPS) is 32.5. The van der Waals surface area contributed by atoms with Crippen LogP contribution in [0.15, 0.2) is 0 Å². The monoisotopic (exact) mass is 210 g/mol. The van der Waals surface area contributed by atoms with Gasteiger partial charge in [-0.1, -0.05) is 12.8 Å². The van der Waals surface area contributed by atoms with Crippen molar-refractivity contribution in [3.8, 4) is 0 Å². The lowest BCUT2D eigenvalue weighted by Crippen LogP contribution is -2.33. The Balaban J connectivity index is 1.88. The molecule has 0 spiro atoms. The van der Waals surface area contributed by atoms with Gasteiger partial charge in [0.05, 0.1) is 0 Å². The molecule has 3 nitrogen and oxygen atoms in total. The maximum Gasteiger partial charge on any atom is 0.224 e. The summed E-state index contributed by atoms with van der Waals surface area (Å²) in [6.07, 6.45) is 5.88. The number of carbonyl (C=O) groups is 1. The molecule has 2 rings (SSSR count). The molecule has 1 heterocycles. The molecule has 1 aliphatic heterocycles. The Kier molecular flexibility index (Phi) is 3.29. The summed E-state index contributed by atoms with van der Waals surface area (Å²) in [5.41, 5.74) is 5.66. The van der Waals surface area contributed by atoms with Crippen LogP contribution in [0.4, 0.5) is 0 Å². The number of rotatable bonds is 2. The van der Waals surface area contributed by atoms with Crippen LogP contribution >= 0.6 is 0 Å². The van der Waals surface area contributed by atoms with E-state index >= 15 is 0 Å². The topological polar surface area (TPSA) is 46.3 Å². The van der Waals surface area contributed by atoms with Crippen molar-refractivity contribution in [1.82, 2.24) is 4.90 Å². The van der Waals surface area contributed by atoms with Gasteiger partial charge >= 0.3 is 0 Å². The van der Waals surface area contributed by atoms with Crippen LogP contribution in [0.1, 0.15) is 39.0 Å². The van der Waals surface area contributed by atoms with Gasteiger partial charge in [-0.2, -0.15) is 0 Å². The highest BCUT2D eigenvalue weighted by Crippen LogP contribution is 2.36. The lowest BCUT2D eigenvalue weighted by atomic mass is 9.82. The fourth-order valence-electron chi connectivity index (χ4n) is 3.01. The van der Waals surface area contributed by atoms with Gasteiger partial charge in [0.2, 0.25) is 5.91 Å². The quantitative estimate of drug-likeness (QED) is 0.748. The summed E-state index contributed by atoms with van der Waals surface area (Å²) in [5.74, 6) is 1.84. The second kappa shape index (κ2) is 4.52. The van der Waals surface area contributed by atoms with E-state index < -0.39 is 0 Å². The van der Waals surface area contributed by atoms with Crippen LogP contribution in [0.3, 0.4) is 0 Å². The predicted octanol–water partition coefficient (Wildman–Crippen LogP) is 1.37.